The normalized spacial score (nSPS) is 12.5. The van der Waals surface area contributed by atoms with Gasteiger partial charge in [-0.15, -0.1) is 0 Å². The quantitative estimate of drug-likeness (QED) is 0.817. The number of nitrogens with one attached hydrogen (secondary N) is 2. The van der Waals surface area contributed by atoms with Gasteiger partial charge in [0.2, 0.25) is 10.0 Å². The Morgan fingerprint density at radius 3 is 2.47 bits per heavy atom. The van der Waals surface area contributed by atoms with Crippen molar-refractivity contribution in [2.24, 2.45) is 0 Å². The minimum atomic E-state index is -3.23. The van der Waals surface area contributed by atoms with Gasteiger partial charge in [0.1, 0.15) is 11.6 Å². The molecule has 19 heavy (non-hydrogen) atoms. The zero-order chi connectivity index (χ0) is 14.7. The number of nitrogens with zero attached hydrogens (tertiary/aromatic N) is 2. The lowest BCUT2D eigenvalue weighted by atomic mass is 10.1. The first-order chi connectivity index (χ1) is 8.61. The maximum Gasteiger partial charge on any atom is 0.209 e. The third-order valence-electron chi connectivity index (χ3n) is 2.43. The highest BCUT2D eigenvalue weighted by molar-refractivity contribution is 7.88. The summed E-state index contributed by atoms with van der Waals surface area (Å²) in [6.45, 7) is 7.94. The predicted octanol–water partition coefficient (Wildman–Crippen LogP) is 1.09. The molecule has 6 nitrogen and oxygen atoms in total. The van der Waals surface area contributed by atoms with Crippen LogP contribution in [0.3, 0.4) is 0 Å². The van der Waals surface area contributed by atoms with Gasteiger partial charge in [0.15, 0.2) is 0 Å². The molecule has 0 atom stereocenters. The van der Waals surface area contributed by atoms with Crippen LogP contribution in [-0.2, 0) is 16.4 Å². The first-order valence-corrected chi connectivity index (χ1v) is 8.08. The van der Waals surface area contributed by atoms with Crippen LogP contribution < -0.4 is 10.0 Å². The summed E-state index contributed by atoms with van der Waals surface area (Å²) in [5.41, 5.74) is 0.377. The molecule has 0 aromatic carbocycles. The van der Waals surface area contributed by atoms with E-state index in [9.17, 15) is 8.42 Å². The Hall–Kier alpha value is -1.21. The molecule has 0 amide bonds. The van der Waals surface area contributed by atoms with Crippen LogP contribution in [0.2, 0.25) is 0 Å². The third kappa shape index (κ3) is 5.98. The lowest BCUT2D eigenvalue weighted by molar-refractivity contribution is 0.475. The molecule has 0 aliphatic carbocycles. The van der Waals surface area contributed by atoms with Crippen molar-refractivity contribution in [3.8, 4) is 0 Å². The summed E-state index contributed by atoms with van der Waals surface area (Å²) in [6, 6.07) is 1.88. The molecule has 0 aliphatic heterocycles. The highest BCUT2D eigenvalue weighted by Crippen LogP contribution is 2.10. The van der Waals surface area contributed by atoms with Gasteiger partial charge in [-0.25, -0.2) is 23.1 Å². The fourth-order valence-corrected chi connectivity index (χ4v) is 2.83. The fraction of sp³-hybridized carbons (Fsp3) is 0.667. The van der Waals surface area contributed by atoms with E-state index < -0.39 is 15.6 Å². The monoisotopic (exact) mass is 286 g/mol. The fourth-order valence-electron chi connectivity index (χ4n) is 1.75. The average Bonchev–Trinajstić information content (AvgIpc) is 2.22. The summed E-state index contributed by atoms with van der Waals surface area (Å²) in [7, 11) is -3.23. The minimum Gasteiger partial charge on any atom is -0.368 e. The average molecular weight is 286 g/mol. The Labute approximate surface area is 115 Å². The summed E-state index contributed by atoms with van der Waals surface area (Å²) in [5, 5.41) is 3.14. The van der Waals surface area contributed by atoms with Crippen LogP contribution in [0.1, 0.15) is 32.3 Å². The van der Waals surface area contributed by atoms with Crippen molar-refractivity contribution < 1.29 is 8.42 Å². The highest BCUT2D eigenvalue weighted by Gasteiger charge is 2.22. The first kappa shape index (κ1) is 15.8. The molecule has 0 radical (unpaired) electrons. The van der Waals surface area contributed by atoms with Crippen molar-refractivity contribution in [1.82, 2.24) is 14.7 Å². The third-order valence-corrected chi connectivity index (χ3v) is 3.35. The lowest BCUT2D eigenvalue weighted by Crippen LogP contribution is -2.47. The molecule has 0 bridgehead atoms. The van der Waals surface area contributed by atoms with Crippen molar-refractivity contribution >= 4 is 15.8 Å². The molecule has 0 unspecified atom stereocenters. The maximum atomic E-state index is 11.2. The number of rotatable bonds is 6. The summed E-state index contributed by atoms with van der Waals surface area (Å²) in [4.78, 5) is 8.58. The molecule has 1 aromatic rings. The van der Waals surface area contributed by atoms with E-state index >= 15 is 0 Å². The summed E-state index contributed by atoms with van der Waals surface area (Å²) >= 11 is 0. The largest absolute Gasteiger partial charge is 0.368 e. The molecule has 0 saturated heterocycles. The molecule has 0 aliphatic rings. The molecule has 1 rings (SSSR count). The van der Waals surface area contributed by atoms with Gasteiger partial charge in [-0.3, -0.25) is 0 Å². The molecule has 2 N–H and O–H groups in total. The van der Waals surface area contributed by atoms with Gasteiger partial charge in [-0.1, -0.05) is 6.92 Å². The van der Waals surface area contributed by atoms with E-state index in [0.29, 0.717) is 18.2 Å². The standard InChI is InChI=1S/C12H22N4O2S/c1-6-10-7-11(15-9(2)14-10)13-8-12(3,4)16-19(5,17)18/h7,16H,6,8H2,1-5H3,(H,13,14,15). The summed E-state index contributed by atoms with van der Waals surface area (Å²) in [5.74, 6) is 1.42. The van der Waals surface area contributed by atoms with E-state index in [1.807, 2.05) is 33.8 Å². The maximum absolute atomic E-state index is 11.2. The van der Waals surface area contributed by atoms with E-state index in [0.717, 1.165) is 18.4 Å². The molecular formula is C12H22N4O2S. The van der Waals surface area contributed by atoms with Gasteiger partial charge in [-0.05, 0) is 27.2 Å². The van der Waals surface area contributed by atoms with Gasteiger partial charge < -0.3 is 5.32 Å². The second-order valence-corrected chi connectivity index (χ2v) is 7.01. The number of hydrogen-bond acceptors (Lipinski definition) is 5. The zero-order valence-electron chi connectivity index (χ0n) is 12.1. The predicted molar refractivity (Wildman–Crippen MR) is 76.7 cm³/mol. The van der Waals surface area contributed by atoms with E-state index in [1.54, 1.807) is 0 Å². The number of aryl methyl sites for hydroxylation is 2. The summed E-state index contributed by atoms with van der Waals surface area (Å²) in [6.07, 6.45) is 1.99. The van der Waals surface area contributed by atoms with Crippen molar-refractivity contribution in [3.63, 3.8) is 0 Å². The molecular weight excluding hydrogens is 264 g/mol. The Kier molecular flexibility index (Phi) is 4.86. The van der Waals surface area contributed by atoms with Crippen LogP contribution >= 0.6 is 0 Å². The SMILES string of the molecule is CCc1cc(NCC(C)(C)NS(C)(=O)=O)nc(C)n1. The van der Waals surface area contributed by atoms with Gasteiger partial charge in [0.25, 0.3) is 0 Å². The van der Waals surface area contributed by atoms with Crippen molar-refractivity contribution in [2.45, 2.75) is 39.7 Å². The molecule has 7 heteroatoms. The second-order valence-electron chi connectivity index (χ2n) is 5.26. The van der Waals surface area contributed by atoms with Crippen LogP contribution in [-0.4, -0.2) is 36.7 Å². The van der Waals surface area contributed by atoms with Crippen molar-refractivity contribution in [1.29, 1.82) is 0 Å². The molecule has 1 heterocycles. The molecule has 0 saturated carbocycles. The second kappa shape index (κ2) is 5.83. The first-order valence-electron chi connectivity index (χ1n) is 6.19. The van der Waals surface area contributed by atoms with Gasteiger partial charge in [0.05, 0.1) is 6.26 Å². The number of hydrogen-bond donors (Lipinski definition) is 2. The van der Waals surface area contributed by atoms with Crippen molar-refractivity contribution in [3.05, 3.63) is 17.6 Å². The van der Waals surface area contributed by atoms with Crippen LogP contribution in [0.15, 0.2) is 6.07 Å². The molecule has 1 aromatic heterocycles. The van der Waals surface area contributed by atoms with Gasteiger partial charge >= 0.3 is 0 Å². The van der Waals surface area contributed by atoms with Crippen molar-refractivity contribution in [2.75, 3.05) is 18.1 Å². The van der Waals surface area contributed by atoms with Crippen LogP contribution in [0.4, 0.5) is 5.82 Å². The number of sulfonamides is 1. The Balaban J connectivity index is 2.73. The van der Waals surface area contributed by atoms with Crippen LogP contribution in [0.5, 0.6) is 0 Å². The molecule has 108 valence electrons. The van der Waals surface area contributed by atoms with E-state index in [-0.39, 0.29) is 0 Å². The topological polar surface area (TPSA) is 84.0 Å². The number of anilines is 1. The molecule has 0 spiro atoms. The Morgan fingerprint density at radius 2 is 1.95 bits per heavy atom. The van der Waals surface area contributed by atoms with E-state index in [4.69, 9.17) is 0 Å². The van der Waals surface area contributed by atoms with Crippen LogP contribution in [0.25, 0.3) is 0 Å². The van der Waals surface area contributed by atoms with Crippen LogP contribution in [0, 0.1) is 6.92 Å². The zero-order valence-corrected chi connectivity index (χ0v) is 12.9. The van der Waals surface area contributed by atoms with E-state index in [1.165, 1.54) is 0 Å². The van der Waals surface area contributed by atoms with Gasteiger partial charge in [0, 0.05) is 23.8 Å². The highest BCUT2D eigenvalue weighted by atomic mass is 32.2. The Bertz CT molecular complexity index is 541. The Morgan fingerprint density at radius 1 is 1.32 bits per heavy atom. The number of aromatic nitrogens is 2. The van der Waals surface area contributed by atoms with Gasteiger partial charge in [-0.2, -0.15) is 0 Å². The lowest BCUT2D eigenvalue weighted by Gasteiger charge is -2.25. The van der Waals surface area contributed by atoms with E-state index in [2.05, 4.69) is 20.0 Å². The summed E-state index contributed by atoms with van der Waals surface area (Å²) < 4.78 is 25.1. The molecule has 0 fully saturated rings. The smallest absolute Gasteiger partial charge is 0.209 e. The minimum absolute atomic E-state index is 0.444.